The van der Waals surface area contributed by atoms with Crippen molar-refractivity contribution in [2.24, 2.45) is 5.92 Å². The van der Waals surface area contributed by atoms with E-state index in [-0.39, 0.29) is 29.8 Å². The van der Waals surface area contributed by atoms with Crippen LogP contribution >= 0.6 is 0 Å². The lowest BCUT2D eigenvalue weighted by Crippen LogP contribution is -2.37. The summed E-state index contributed by atoms with van der Waals surface area (Å²) < 4.78 is 10.8. The third-order valence-corrected chi connectivity index (χ3v) is 5.17. The predicted octanol–water partition coefficient (Wildman–Crippen LogP) is 4.66. The fraction of sp³-hybridized carbons (Fsp3) is 0.400. The van der Waals surface area contributed by atoms with Gasteiger partial charge in [0, 0.05) is 31.1 Å². The standard InChI is InChI=1S/C25H31N3O4/c1-16(2)15-28(9-8-23(29)26-14-20-7-6-10-31-20)25(30)21-13-22(32-27-21)24-18(4)11-17(3)12-19(24)5/h6-7,10-13,16H,8-9,14-15H2,1-5H3,(H,26,29). The summed E-state index contributed by atoms with van der Waals surface area (Å²) in [7, 11) is 0. The summed E-state index contributed by atoms with van der Waals surface area (Å²) in [6.45, 7) is 11.3. The first-order chi connectivity index (χ1) is 15.2. The molecule has 32 heavy (non-hydrogen) atoms. The summed E-state index contributed by atoms with van der Waals surface area (Å²) >= 11 is 0. The monoisotopic (exact) mass is 437 g/mol. The summed E-state index contributed by atoms with van der Waals surface area (Å²) in [5.41, 5.74) is 4.52. The van der Waals surface area contributed by atoms with Gasteiger partial charge in [0.1, 0.15) is 5.76 Å². The first kappa shape index (κ1) is 23.3. The zero-order valence-electron chi connectivity index (χ0n) is 19.4. The zero-order valence-corrected chi connectivity index (χ0v) is 19.4. The highest BCUT2D eigenvalue weighted by Gasteiger charge is 2.23. The molecule has 0 unspecified atom stereocenters. The van der Waals surface area contributed by atoms with Crippen molar-refractivity contribution in [3.8, 4) is 11.3 Å². The largest absolute Gasteiger partial charge is 0.467 e. The molecule has 2 amide bonds. The van der Waals surface area contributed by atoms with Gasteiger partial charge in [-0.25, -0.2) is 0 Å². The van der Waals surface area contributed by atoms with E-state index in [1.165, 1.54) is 5.56 Å². The van der Waals surface area contributed by atoms with Crippen LogP contribution in [0, 0.1) is 26.7 Å². The first-order valence-corrected chi connectivity index (χ1v) is 10.9. The number of aryl methyl sites for hydroxylation is 3. The Morgan fingerprint density at radius 3 is 2.47 bits per heavy atom. The lowest BCUT2D eigenvalue weighted by molar-refractivity contribution is -0.121. The average molecular weight is 438 g/mol. The van der Waals surface area contributed by atoms with Gasteiger partial charge in [-0.3, -0.25) is 9.59 Å². The van der Waals surface area contributed by atoms with Gasteiger partial charge >= 0.3 is 0 Å². The Morgan fingerprint density at radius 2 is 1.84 bits per heavy atom. The number of carbonyl (C=O) groups excluding carboxylic acids is 2. The number of nitrogens with one attached hydrogen (secondary N) is 1. The van der Waals surface area contributed by atoms with Gasteiger partial charge in [-0.05, 0) is 49.9 Å². The highest BCUT2D eigenvalue weighted by atomic mass is 16.5. The van der Waals surface area contributed by atoms with Crippen LogP contribution in [0.5, 0.6) is 0 Å². The van der Waals surface area contributed by atoms with Crippen molar-refractivity contribution in [2.75, 3.05) is 13.1 Å². The molecule has 3 rings (SSSR count). The van der Waals surface area contributed by atoms with Gasteiger partial charge in [0.05, 0.1) is 12.8 Å². The van der Waals surface area contributed by atoms with E-state index in [0.717, 1.165) is 16.7 Å². The minimum atomic E-state index is -0.241. The number of hydrogen-bond donors (Lipinski definition) is 1. The third kappa shape index (κ3) is 5.87. The van der Waals surface area contributed by atoms with Crippen LogP contribution in [-0.2, 0) is 11.3 Å². The quantitative estimate of drug-likeness (QED) is 0.526. The molecule has 0 aliphatic rings. The molecule has 2 aromatic heterocycles. The molecule has 0 saturated heterocycles. The summed E-state index contributed by atoms with van der Waals surface area (Å²) in [6.07, 6.45) is 1.76. The summed E-state index contributed by atoms with van der Waals surface area (Å²) in [6, 6.07) is 9.43. The fourth-order valence-corrected chi connectivity index (χ4v) is 3.86. The molecule has 1 aromatic carbocycles. The van der Waals surface area contributed by atoms with Crippen LogP contribution in [0.3, 0.4) is 0 Å². The van der Waals surface area contributed by atoms with Crippen LogP contribution < -0.4 is 5.32 Å². The van der Waals surface area contributed by atoms with E-state index in [2.05, 4.69) is 22.6 Å². The molecule has 0 aliphatic heterocycles. The number of hydrogen-bond acceptors (Lipinski definition) is 5. The minimum Gasteiger partial charge on any atom is -0.467 e. The molecule has 3 aromatic rings. The van der Waals surface area contributed by atoms with Crippen molar-refractivity contribution in [2.45, 2.75) is 47.6 Å². The van der Waals surface area contributed by atoms with Gasteiger partial charge in [0.25, 0.3) is 5.91 Å². The molecule has 0 saturated carbocycles. The second-order valence-corrected chi connectivity index (χ2v) is 8.60. The Morgan fingerprint density at radius 1 is 1.12 bits per heavy atom. The number of aromatic nitrogens is 1. The molecule has 0 atom stereocenters. The van der Waals surface area contributed by atoms with E-state index < -0.39 is 0 Å². The van der Waals surface area contributed by atoms with Gasteiger partial charge in [0.15, 0.2) is 11.5 Å². The van der Waals surface area contributed by atoms with Crippen LogP contribution in [0.4, 0.5) is 0 Å². The smallest absolute Gasteiger partial charge is 0.276 e. The Bertz CT molecular complexity index is 1040. The molecular formula is C25H31N3O4. The first-order valence-electron chi connectivity index (χ1n) is 10.9. The van der Waals surface area contributed by atoms with E-state index in [0.29, 0.717) is 31.2 Å². The van der Waals surface area contributed by atoms with Gasteiger partial charge in [-0.2, -0.15) is 0 Å². The lowest BCUT2D eigenvalue weighted by atomic mass is 9.98. The van der Waals surface area contributed by atoms with Gasteiger partial charge in [-0.1, -0.05) is 36.7 Å². The lowest BCUT2D eigenvalue weighted by Gasteiger charge is -2.23. The van der Waals surface area contributed by atoms with Crippen LogP contribution in [0.1, 0.15) is 53.2 Å². The molecule has 7 heteroatoms. The second-order valence-electron chi connectivity index (χ2n) is 8.60. The van der Waals surface area contributed by atoms with E-state index in [1.807, 2.05) is 34.6 Å². The highest BCUT2D eigenvalue weighted by Crippen LogP contribution is 2.29. The molecule has 0 bridgehead atoms. The Kier molecular flexibility index (Phi) is 7.51. The molecule has 1 N–H and O–H groups in total. The van der Waals surface area contributed by atoms with Crippen molar-refractivity contribution in [1.29, 1.82) is 0 Å². The minimum absolute atomic E-state index is 0.144. The molecule has 170 valence electrons. The van der Waals surface area contributed by atoms with Gasteiger partial charge in [-0.15, -0.1) is 0 Å². The molecule has 7 nitrogen and oxygen atoms in total. The number of amides is 2. The van der Waals surface area contributed by atoms with Crippen LogP contribution in [-0.4, -0.2) is 35.0 Å². The molecule has 0 fully saturated rings. The molecular weight excluding hydrogens is 406 g/mol. The van der Waals surface area contributed by atoms with E-state index in [1.54, 1.807) is 29.4 Å². The van der Waals surface area contributed by atoms with Crippen LogP contribution in [0.15, 0.2) is 45.5 Å². The summed E-state index contributed by atoms with van der Waals surface area (Å²) in [5, 5.41) is 6.85. The number of nitrogens with zero attached hydrogens (tertiary/aromatic N) is 2. The molecule has 0 spiro atoms. The Hall–Kier alpha value is -3.35. The normalized spacial score (nSPS) is 11.1. The molecule has 0 radical (unpaired) electrons. The summed E-state index contributed by atoms with van der Waals surface area (Å²) in [4.78, 5) is 27.1. The maximum absolute atomic E-state index is 13.2. The average Bonchev–Trinajstić information content (AvgIpc) is 3.40. The van der Waals surface area contributed by atoms with Gasteiger partial charge < -0.3 is 19.2 Å². The number of carbonyl (C=O) groups is 2. The van der Waals surface area contributed by atoms with E-state index >= 15 is 0 Å². The third-order valence-electron chi connectivity index (χ3n) is 5.17. The maximum Gasteiger partial charge on any atom is 0.276 e. The fourth-order valence-electron chi connectivity index (χ4n) is 3.86. The van der Waals surface area contributed by atoms with E-state index in [4.69, 9.17) is 8.94 Å². The van der Waals surface area contributed by atoms with Crippen molar-refractivity contribution in [1.82, 2.24) is 15.4 Å². The Labute approximate surface area is 188 Å². The number of rotatable bonds is 9. The highest BCUT2D eigenvalue weighted by molar-refractivity contribution is 5.93. The molecule has 2 heterocycles. The number of furan rings is 1. The van der Waals surface area contributed by atoms with Gasteiger partial charge in [0.2, 0.25) is 5.91 Å². The van der Waals surface area contributed by atoms with Crippen LogP contribution in [0.25, 0.3) is 11.3 Å². The molecule has 0 aliphatic carbocycles. The van der Waals surface area contributed by atoms with Crippen molar-refractivity contribution < 1.29 is 18.5 Å². The van der Waals surface area contributed by atoms with Crippen molar-refractivity contribution in [3.05, 3.63) is 64.7 Å². The number of benzene rings is 1. The second kappa shape index (κ2) is 10.3. The zero-order chi connectivity index (χ0) is 23.3. The van der Waals surface area contributed by atoms with E-state index in [9.17, 15) is 9.59 Å². The summed E-state index contributed by atoms with van der Waals surface area (Å²) in [5.74, 6) is 1.12. The predicted molar refractivity (Wildman–Crippen MR) is 122 cm³/mol. The van der Waals surface area contributed by atoms with Crippen molar-refractivity contribution in [3.63, 3.8) is 0 Å². The topological polar surface area (TPSA) is 88.6 Å². The SMILES string of the molecule is Cc1cc(C)c(-c2cc(C(=O)N(CCC(=O)NCc3ccco3)CC(C)C)no2)c(C)c1. The van der Waals surface area contributed by atoms with Crippen molar-refractivity contribution >= 4 is 11.8 Å². The maximum atomic E-state index is 13.2. The Balaban J connectivity index is 1.69. The van der Waals surface area contributed by atoms with Crippen LogP contribution in [0.2, 0.25) is 0 Å².